The molecule has 0 fully saturated rings. The number of aromatic nitrogens is 3. The minimum Gasteiger partial charge on any atom is -0.383 e. The highest BCUT2D eigenvalue weighted by Gasteiger charge is 2.26. The molecule has 6 nitrogen and oxygen atoms in total. The van der Waals surface area contributed by atoms with Gasteiger partial charge in [0.15, 0.2) is 0 Å². The van der Waals surface area contributed by atoms with Crippen LogP contribution in [0.5, 0.6) is 0 Å². The average molecular weight is 411 g/mol. The summed E-state index contributed by atoms with van der Waals surface area (Å²) in [7, 11) is 4.20. The number of hydrogen-bond donors (Lipinski definition) is 1. The smallest absolute Gasteiger partial charge is 0.121 e. The zero-order valence-electron chi connectivity index (χ0n) is 17.8. The Labute approximate surface area is 177 Å². The van der Waals surface area contributed by atoms with Crippen LogP contribution in [-0.2, 0) is 6.54 Å². The van der Waals surface area contributed by atoms with Gasteiger partial charge in [-0.05, 0) is 51.5 Å². The van der Waals surface area contributed by atoms with Crippen LogP contribution in [-0.4, -0.2) is 71.4 Å². The minimum atomic E-state index is 0.887. The number of fused-ring (bicyclic) bond motifs is 2. The van der Waals surface area contributed by atoms with Crippen molar-refractivity contribution in [2.24, 2.45) is 0 Å². The number of benzene rings is 1. The van der Waals surface area contributed by atoms with Crippen molar-refractivity contribution in [2.75, 3.05) is 52.1 Å². The molecular formula is C22H30N6S. The molecule has 0 atom stereocenters. The van der Waals surface area contributed by atoms with Gasteiger partial charge in [0.25, 0.3) is 0 Å². The van der Waals surface area contributed by atoms with Crippen molar-refractivity contribution in [3.8, 4) is 11.4 Å². The molecule has 154 valence electrons. The SMILES string of the molecule is CCN(CC)CCn1nc2c3c(c(NCCN(C)C)ccc31)Sc1cccnc1-2. The highest BCUT2D eigenvalue weighted by Crippen LogP contribution is 2.49. The summed E-state index contributed by atoms with van der Waals surface area (Å²) in [6.07, 6.45) is 1.87. The van der Waals surface area contributed by atoms with Gasteiger partial charge in [-0.15, -0.1) is 0 Å². The second-order valence-corrected chi connectivity index (χ2v) is 8.67. The van der Waals surface area contributed by atoms with Gasteiger partial charge >= 0.3 is 0 Å². The molecule has 1 N–H and O–H groups in total. The zero-order valence-corrected chi connectivity index (χ0v) is 18.6. The van der Waals surface area contributed by atoms with Crippen molar-refractivity contribution < 1.29 is 0 Å². The quantitative estimate of drug-likeness (QED) is 0.452. The van der Waals surface area contributed by atoms with Crippen molar-refractivity contribution >= 4 is 28.4 Å². The van der Waals surface area contributed by atoms with Crippen molar-refractivity contribution in [1.82, 2.24) is 24.6 Å². The Morgan fingerprint density at radius 2 is 1.90 bits per heavy atom. The Morgan fingerprint density at radius 3 is 2.66 bits per heavy atom. The highest BCUT2D eigenvalue weighted by molar-refractivity contribution is 8.00. The van der Waals surface area contributed by atoms with Crippen molar-refractivity contribution in [3.63, 3.8) is 0 Å². The van der Waals surface area contributed by atoms with E-state index in [9.17, 15) is 0 Å². The maximum atomic E-state index is 5.03. The van der Waals surface area contributed by atoms with Gasteiger partial charge in [0.05, 0.1) is 12.1 Å². The fourth-order valence-electron chi connectivity index (χ4n) is 3.77. The summed E-state index contributed by atoms with van der Waals surface area (Å²) in [5.41, 5.74) is 4.40. The van der Waals surface area contributed by atoms with Crippen molar-refractivity contribution in [1.29, 1.82) is 0 Å². The van der Waals surface area contributed by atoms with Crippen LogP contribution in [0.15, 0.2) is 40.3 Å². The number of rotatable bonds is 9. The van der Waals surface area contributed by atoms with Crippen LogP contribution in [0.2, 0.25) is 0 Å². The third kappa shape index (κ3) is 3.99. The normalized spacial score (nSPS) is 12.8. The molecule has 3 heterocycles. The average Bonchev–Trinajstić information content (AvgIpc) is 3.10. The van der Waals surface area contributed by atoms with Crippen LogP contribution in [0.25, 0.3) is 22.3 Å². The standard InChI is InChI=1S/C22H30N6S/c1-5-27(6-2)14-15-28-17-10-9-16(23-12-13-26(3)4)22-19(17)21(25-28)20-18(29-22)8-7-11-24-20/h7-11,23H,5-6,12-15H2,1-4H3. The molecule has 0 saturated heterocycles. The largest absolute Gasteiger partial charge is 0.383 e. The summed E-state index contributed by atoms with van der Waals surface area (Å²) >= 11 is 1.80. The first-order valence-electron chi connectivity index (χ1n) is 10.4. The predicted octanol–water partition coefficient (Wildman–Crippen LogP) is 3.88. The highest BCUT2D eigenvalue weighted by atomic mass is 32.2. The van der Waals surface area contributed by atoms with Crippen LogP contribution >= 0.6 is 11.8 Å². The summed E-state index contributed by atoms with van der Waals surface area (Å²) in [4.78, 5) is 11.7. The molecule has 3 aromatic rings. The first kappa shape index (κ1) is 20.2. The van der Waals surface area contributed by atoms with E-state index in [1.807, 2.05) is 12.3 Å². The second-order valence-electron chi connectivity index (χ2n) is 7.62. The molecule has 7 heteroatoms. The lowest BCUT2D eigenvalue weighted by molar-refractivity contribution is 0.287. The fraction of sp³-hybridized carbons (Fsp3) is 0.455. The van der Waals surface area contributed by atoms with Gasteiger partial charge in [0.2, 0.25) is 0 Å². The molecule has 0 aliphatic carbocycles. The molecular weight excluding hydrogens is 380 g/mol. The number of nitrogens with one attached hydrogen (secondary N) is 1. The van der Waals surface area contributed by atoms with E-state index in [4.69, 9.17) is 5.10 Å². The van der Waals surface area contributed by atoms with E-state index in [1.165, 1.54) is 26.4 Å². The third-order valence-electron chi connectivity index (χ3n) is 5.48. The lowest BCUT2D eigenvalue weighted by Gasteiger charge is -2.19. The van der Waals surface area contributed by atoms with Gasteiger partial charge in [0.1, 0.15) is 11.4 Å². The molecule has 1 aliphatic heterocycles. The molecule has 0 saturated carbocycles. The van der Waals surface area contributed by atoms with Crippen LogP contribution in [0.4, 0.5) is 5.69 Å². The number of hydrogen-bond acceptors (Lipinski definition) is 6. The molecule has 0 bridgehead atoms. The lowest BCUT2D eigenvalue weighted by atomic mass is 10.1. The fourth-order valence-corrected chi connectivity index (χ4v) is 4.94. The summed E-state index contributed by atoms with van der Waals surface area (Å²) in [6.45, 7) is 10.4. The van der Waals surface area contributed by atoms with Gasteiger partial charge in [-0.1, -0.05) is 25.6 Å². The second kappa shape index (κ2) is 8.73. The van der Waals surface area contributed by atoms with Crippen LogP contribution in [0, 0.1) is 0 Å². The Bertz CT molecular complexity index is 992. The number of anilines is 1. The van der Waals surface area contributed by atoms with E-state index in [0.29, 0.717) is 0 Å². The molecule has 0 spiro atoms. The predicted molar refractivity (Wildman–Crippen MR) is 122 cm³/mol. The molecule has 4 rings (SSSR count). The summed E-state index contributed by atoms with van der Waals surface area (Å²) < 4.78 is 2.17. The third-order valence-corrected chi connectivity index (χ3v) is 6.65. The molecule has 1 aliphatic rings. The summed E-state index contributed by atoms with van der Waals surface area (Å²) in [5, 5.41) is 9.89. The van der Waals surface area contributed by atoms with Gasteiger partial charge in [-0.2, -0.15) is 5.10 Å². The Balaban J connectivity index is 1.75. The molecule has 0 radical (unpaired) electrons. The Kier molecular flexibility index (Phi) is 6.08. The summed E-state index contributed by atoms with van der Waals surface area (Å²) in [5.74, 6) is 0. The Hall–Kier alpha value is -2.09. The van der Waals surface area contributed by atoms with Gasteiger partial charge < -0.3 is 15.1 Å². The molecule has 2 aromatic heterocycles. The number of nitrogens with zero attached hydrogens (tertiary/aromatic N) is 5. The minimum absolute atomic E-state index is 0.887. The number of pyridine rings is 1. The Morgan fingerprint density at radius 1 is 1.07 bits per heavy atom. The van der Waals surface area contributed by atoms with Crippen molar-refractivity contribution in [3.05, 3.63) is 30.5 Å². The van der Waals surface area contributed by atoms with E-state index in [2.05, 4.69) is 70.9 Å². The first-order chi connectivity index (χ1) is 14.1. The lowest BCUT2D eigenvalue weighted by Crippen LogP contribution is -2.27. The van der Waals surface area contributed by atoms with E-state index in [1.54, 1.807) is 11.8 Å². The van der Waals surface area contributed by atoms with Gasteiger partial charge in [-0.25, -0.2) is 0 Å². The van der Waals surface area contributed by atoms with Crippen LogP contribution in [0.3, 0.4) is 0 Å². The topological polar surface area (TPSA) is 49.2 Å². The van der Waals surface area contributed by atoms with Gasteiger partial charge in [0, 0.05) is 46.7 Å². The first-order valence-corrected chi connectivity index (χ1v) is 11.2. The van der Waals surface area contributed by atoms with Crippen molar-refractivity contribution in [2.45, 2.75) is 30.2 Å². The van der Waals surface area contributed by atoms with Gasteiger partial charge in [-0.3, -0.25) is 9.67 Å². The van der Waals surface area contributed by atoms with E-state index in [0.717, 1.165) is 50.7 Å². The maximum absolute atomic E-state index is 5.03. The molecule has 29 heavy (non-hydrogen) atoms. The van der Waals surface area contributed by atoms with Crippen LogP contribution < -0.4 is 5.32 Å². The zero-order chi connectivity index (χ0) is 20.4. The maximum Gasteiger partial charge on any atom is 0.121 e. The van der Waals surface area contributed by atoms with Crippen LogP contribution in [0.1, 0.15) is 13.8 Å². The monoisotopic (exact) mass is 410 g/mol. The van der Waals surface area contributed by atoms with E-state index >= 15 is 0 Å². The molecule has 0 unspecified atom stereocenters. The summed E-state index contributed by atoms with van der Waals surface area (Å²) in [6, 6.07) is 8.58. The molecule has 1 aromatic carbocycles. The number of likely N-dealkylation sites (N-methyl/N-ethyl adjacent to an activating group) is 2. The molecule has 0 amide bonds. The van der Waals surface area contributed by atoms with E-state index < -0.39 is 0 Å². The van der Waals surface area contributed by atoms with E-state index in [-0.39, 0.29) is 0 Å².